The Balaban J connectivity index is 1.61. The molecule has 0 spiro atoms. The lowest BCUT2D eigenvalue weighted by Crippen LogP contribution is -2.60. The molecule has 0 aromatic rings. The van der Waals surface area contributed by atoms with E-state index in [1.54, 1.807) is 0 Å². The minimum atomic E-state index is -1.42. The maximum absolute atomic E-state index is 13.1. The minimum absolute atomic E-state index is 0.127. The summed E-state index contributed by atoms with van der Waals surface area (Å²) in [5.74, 6) is 1.13. The molecular formula is C24H38O5. The van der Waals surface area contributed by atoms with E-state index >= 15 is 0 Å². The van der Waals surface area contributed by atoms with E-state index in [1.807, 2.05) is 6.92 Å². The van der Waals surface area contributed by atoms with Gasteiger partial charge in [-0.1, -0.05) is 20.8 Å². The van der Waals surface area contributed by atoms with Crippen molar-refractivity contribution in [3.05, 3.63) is 0 Å². The van der Waals surface area contributed by atoms with Gasteiger partial charge < -0.3 is 14.9 Å². The summed E-state index contributed by atoms with van der Waals surface area (Å²) in [6.07, 6.45) is 7.82. The van der Waals surface area contributed by atoms with Crippen molar-refractivity contribution in [2.75, 3.05) is 6.61 Å². The fraction of sp³-hybridized carbons (Fsp3) is 0.917. The van der Waals surface area contributed by atoms with Gasteiger partial charge in [0, 0.05) is 12.3 Å². The number of aliphatic hydroxyl groups is 2. The zero-order valence-electron chi connectivity index (χ0n) is 18.4. The standard InChI is InChI=1S/C24H38O5/c1-14-11-20-18-6-5-16-12-17(26)7-9-22(16,3)19(18)8-10-23(20,4)24(14,28)21(27)13-29-15(2)25/h14,16-20,26,28H,5-13H2,1-4H3. The van der Waals surface area contributed by atoms with Crippen LogP contribution in [0.15, 0.2) is 0 Å². The summed E-state index contributed by atoms with van der Waals surface area (Å²) in [4.78, 5) is 24.3. The van der Waals surface area contributed by atoms with Gasteiger partial charge in [0.25, 0.3) is 0 Å². The molecule has 0 bridgehead atoms. The van der Waals surface area contributed by atoms with Gasteiger partial charge in [-0.25, -0.2) is 0 Å². The number of hydrogen-bond donors (Lipinski definition) is 2. The van der Waals surface area contributed by atoms with Crippen LogP contribution in [0.2, 0.25) is 0 Å². The average molecular weight is 407 g/mol. The molecule has 0 saturated heterocycles. The van der Waals surface area contributed by atoms with E-state index in [4.69, 9.17) is 4.74 Å². The van der Waals surface area contributed by atoms with Crippen LogP contribution in [0.3, 0.4) is 0 Å². The summed E-state index contributed by atoms with van der Waals surface area (Å²) < 4.78 is 4.99. The number of Topliss-reactive ketones (excluding diaryl/α,β-unsaturated/α-hetero) is 1. The van der Waals surface area contributed by atoms with Gasteiger partial charge in [0.2, 0.25) is 5.78 Å². The van der Waals surface area contributed by atoms with Crippen LogP contribution in [0.1, 0.15) is 79.1 Å². The molecule has 0 aromatic carbocycles. The van der Waals surface area contributed by atoms with E-state index in [0.29, 0.717) is 23.7 Å². The van der Waals surface area contributed by atoms with Crippen molar-refractivity contribution in [2.45, 2.75) is 90.8 Å². The Hall–Kier alpha value is -0.940. The number of carbonyl (C=O) groups excluding carboxylic acids is 2. The number of rotatable bonds is 3. The Morgan fingerprint density at radius 3 is 2.45 bits per heavy atom. The summed E-state index contributed by atoms with van der Waals surface area (Å²) in [6.45, 7) is 7.52. The third kappa shape index (κ3) is 2.94. The molecule has 0 heterocycles. The highest BCUT2D eigenvalue weighted by molar-refractivity contribution is 5.91. The third-order valence-electron chi connectivity index (χ3n) is 10.1. The number of ketones is 1. The molecule has 29 heavy (non-hydrogen) atoms. The van der Waals surface area contributed by atoms with Crippen molar-refractivity contribution in [1.82, 2.24) is 0 Å². The molecule has 2 N–H and O–H groups in total. The maximum atomic E-state index is 13.1. The van der Waals surface area contributed by atoms with Gasteiger partial charge in [0.15, 0.2) is 6.61 Å². The normalized spacial score (nSPS) is 51.5. The number of aliphatic hydroxyl groups excluding tert-OH is 1. The van der Waals surface area contributed by atoms with Gasteiger partial charge >= 0.3 is 5.97 Å². The van der Waals surface area contributed by atoms with Gasteiger partial charge in [-0.3, -0.25) is 9.59 Å². The van der Waals surface area contributed by atoms with E-state index in [1.165, 1.54) is 6.92 Å². The summed E-state index contributed by atoms with van der Waals surface area (Å²) >= 11 is 0. The first-order valence-corrected chi connectivity index (χ1v) is 11.6. The van der Waals surface area contributed by atoms with Crippen molar-refractivity contribution in [2.24, 2.45) is 40.4 Å². The second-order valence-corrected chi connectivity index (χ2v) is 11.1. The predicted molar refractivity (Wildman–Crippen MR) is 109 cm³/mol. The van der Waals surface area contributed by atoms with Crippen molar-refractivity contribution in [1.29, 1.82) is 0 Å². The molecule has 0 amide bonds. The summed E-state index contributed by atoms with van der Waals surface area (Å²) in [6, 6.07) is 0. The minimum Gasteiger partial charge on any atom is -0.458 e. The molecule has 0 aromatic heterocycles. The Bertz CT molecular complexity index is 691. The molecule has 5 nitrogen and oxygen atoms in total. The van der Waals surface area contributed by atoms with E-state index in [-0.39, 0.29) is 29.8 Å². The van der Waals surface area contributed by atoms with Crippen LogP contribution in [-0.2, 0) is 14.3 Å². The molecule has 4 aliphatic rings. The summed E-state index contributed by atoms with van der Waals surface area (Å²) in [7, 11) is 0. The van der Waals surface area contributed by atoms with Crippen molar-refractivity contribution in [3.63, 3.8) is 0 Å². The number of carbonyl (C=O) groups is 2. The van der Waals surface area contributed by atoms with Crippen molar-refractivity contribution >= 4 is 11.8 Å². The van der Waals surface area contributed by atoms with Gasteiger partial charge in [0.1, 0.15) is 5.60 Å². The fourth-order valence-electron chi connectivity index (χ4n) is 8.45. The van der Waals surface area contributed by atoms with Crippen molar-refractivity contribution < 1.29 is 24.5 Å². The first kappa shape index (κ1) is 21.3. The van der Waals surface area contributed by atoms with Crippen LogP contribution in [0.4, 0.5) is 0 Å². The van der Waals surface area contributed by atoms with E-state index < -0.39 is 17.0 Å². The topological polar surface area (TPSA) is 83.8 Å². The molecule has 0 aliphatic heterocycles. The van der Waals surface area contributed by atoms with E-state index in [9.17, 15) is 19.8 Å². The number of fused-ring (bicyclic) bond motifs is 5. The highest BCUT2D eigenvalue weighted by Gasteiger charge is 2.69. The molecule has 164 valence electrons. The van der Waals surface area contributed by atoms with E-state index in [0.717, 1.165) is 51.4 Å². The Morgan fingerprint density at radius 1 is 1.03 bits per heavy atom. The first-order valence-electron chi connectivity index (χ1n) is 11.6. The van der Waals surface area contributed by atoms with E-state index in [2.05, 4.69) is 13.8 Å². The number of ether oxygens (including phenoxy) is 1. The van der Waals surface area contributed by atoms with Gasteiger partial charge in [-0.05, 0) is 86.4 Å². The smallest absolute Gasteiger partial charge is 0.303 e. The quantitative estimate of drug-likeness (QED) is 0.701. The average Bonchev–Trinajstić information content (AvgIpc) is 2.88. The Labute approximate surface area is 174 Å². The molecule has 9 atom stereocenters. The van der Waals surface area contributed by atoms with Gasteiger partial charge in [-0.2, -0.15) is 0 Å². The number of esters is 1. The van der Waals surface area contributed by atoms with Crippen LogP contribution in [-0.4, -0.2) is 40.3 Å². The van der Waals surface area contributed by atoms with Crippen LogP contribution in [0, 0.1) is 40.4 Å². The summed E-state index contributed by atoms with van der Waals surface area (Å²) in [5, 5.41) is 21.9. The van der Waals surface area contributed by atoms with Gasteiger partial charge in [-0.15, -0.1) is 0 Å². The van der Waals surface area contributed by atoms with Gasteiger partial charge in [0.05, 0.1) is 6.10 Å². The Morgan fingerprint density at radius 2 is 1.76 bits per heavy atom. The second-order valence-electron chi connectivity index (χ2n) is 11.1. The maximum Gasteiger partial charge on any atom is 0.303 e. The molecule has 4 aliphatic carbocycles. The Kier molecular flexibility index (Phi) is 5.18. The lowest BCUT2D eigenvalue weighted by atomic mass is 9.44. The lowest BCUT2D eigenvalue weighted by molar-refractivity contribution is -0.181. The fourth-order valence-corrected chi connectivity index (χ4v) is 8.45. The lowest BCUT2D eigenvalue weighted by Gasteiger charge is -2.61. The monoisotopic (exact) mass is 406 g/mol. The zero-order chi connectivity index (χ0) is 21.2. The molecule has 0 radical (unpaired) electrons. The van der Waals surface area contributed by atoms with Crippen LogP contribution < -0.4 is 0 Å². The third-order valence-corrected chi connectivity index (χ3v) is 10.1. The van der Waals surface area contributed by atoms with Crippen LogP contribution in [0.25, 0.3) is 0 Å². The van der Waals surface area contributed by atoms with Crippen molar-refractivity contribution in [3.8, 4) is 0 Å². The molecule has 4 fully saturated rings. The SMILES string of the molecule is CC(=O)OCC(=O)C1(O)C(C)CC2C3CCC4CC(O)CCC4(C)C3CCC21C. The molecule has 4 rings (SSSR count). The second kappa shape index (κ2) is 7.05. The van der Waals surface area contributed by atoms with Crippen LogP contribution >= 0.6 is 0 Å². The molecule has 5 heteroatoms. The highest BCUT2D eigenvalue weighted by atomic mass is 16.5. The first-order chi connectivity index (χ1) is 13.5. The predicted octanol–water partition coefficient (Wildman–Crippen LogP) is 3.50. The van der Waals surface area contributed by atoms with Crippen LogP contribution in [0.5, 0.6) is 0 Å². The summed E-state index contributed by atoms with van der Waals surface area (Å²) in [5.41, 5.74) is -1.60. The highest BCUT2D eigenvalue weighted by Crippen LogP contribution is 2.69. The molecule has 9 unspecified atom stereocenters. The molecular weight excluding hydrogens is 368 g/mol. The largest absolute Gasteiger partial charge is 0.458 e. The number of hydrogen-bond acceptors (Lipinski definition) is 5. The zero-order valence-corrected chi connectivity index (χ0v) is 18.4. The molecule has 4 saturated carbocycles.